The van der Waals surface area contributed by atoms with Crippen molar-refractivity contribution in [1.29, 1.82) is 0 Å². The van der Waals surface area contributed by atoms with Gasteiger partial charge in [-0.05, 0) is 39.5 Å². The normalized spacial score (nSPS) is 29.7. The molecule has 1 heterocycles. The second-order valence-corrected chi connectivity index (χ2v) is 7.03. The van der Waals surface area contributed by atoms with Crippen LogP contribution in [0.1, 0.15) is 53.4 Å². The van der Waals surface area contributed by atoms with Crippen LogP contribution >= 0.6 is 0 Å². The fraction of sp³-hybridized carbons (Fsp3) is 0.800. The van der Waals surface area contributed by atoms with Crippen molar-refractivity contribution in [3.8, 4) is 0 Å². The van der Waals surface area contributed by atoms with Gasteiger partial charge < -0.3 is 10.1 Å². The molecule has 0 unspecified atom stereocenters. The molecule has 0 bridgehead atoms. The highest BCUT2D eigenvalue weighted by atomic mass is 16.6. The minimum Gasteiger partial charge on any atom is -0.459 e. The summed E-state index contributed by atoms with van der Waals surface area (Å²) in [6, 6.07) is -0.486. The molecule has 1 spiro atoms. The number of esters is 1. The molecular weight excluding hydrogens is 272 g/mol. The van der Waals surface area contributed by atoms with E-state index < -0.39 is 23.1 Å². The number of carbonyl (C=O) groups is 3. The van der Waals surface area contributed by atoms with Crippen molar-refractivity contribution in [2.45, 2.75) is 64.5 Å². The van der Waals surface area contributed by atoms with Crippen molar-refractivity contribution >= 4 is 17.9 Å². The Morgan fingerprint density at radius 1 is 1.38 bits per heavy atom. The van der Waals surface area contributed by atoms with Gasteiger partial charge in [0.2, 0.25) is 0 Å². The molecule has 2 aliphatic rings. The fourth-order valence-corrected chi connectivity index (χ4v) is 3.14. The predicted octanol–water partition coefficient (Wildman–Crippen LogP) is 1.83. The Morgan fingerprint density at radius 2 is 2.05 bits per heavy atom. The fourth-order valence-electron chi connectivity index (χ4n) is 3.14. The van der Waals surface area contributed by atoms with Crippen molar-refractivity contribution in [3.05, 3.63) is 0 Å². The minimum atomic E-state index is -0.822. The van der Waals surface area contributed by atoms with Gasteiger partial charge in [-0.15, -0.1) is 0 Å². The summed E-state index contributed by atoms with van der Waals surface area (Å²) in [5.74, 6) is -0.761. The van der Waals surface area contributed by atoms with Gasteiger partial charge in [0.05, 0.1) is 0 Å². The van der Waals surface area contributed by atoms with Crippen LogP contribution in [0.5, 0.6) is 0 Å². The molecule has 1 saturated heterocycles. The number of ether oxygens (including phenoxy) is 1. The lowest BCUT2D eigenvalue weighted by Gasteiger charge is -2.36. The summed E-state index contributed by atoms with van der Waals surface area (Å²) in [4.78, 5) is 37.6. The van der Waals surface area contributed by atoms with Gasteiger partial charge in [0.1, 0.15) is 17.7 Å². The van der Waals surface area contributed by atoms with Gasteiger partial charge in [-0.3, -0.25) is 14.5 Å². The topological polar surface area (TPSA) is 75.7 Å². The van der Waals surface area contributed by atoms with Crippen LogP contribution in [0.3, 0.4) is 0 Å². The molecule has 118 valence electrons. The van der Waals surface area contributed by atoms with E-state index in [-0.39, 0.29) is 18.4 Å². The standard InChI is InChI=1S/C15H24N2O4/c1-10-7-5-6-8-15(10)12(19)17(13(20)16-15)9-11(18)21-14(2,3)4/h10H,5-9H2,1-4H3,(H,16,20)/t10-,15+/m1/s1. The molecule has 1 aliphatic carbocycles. The highest BCUT2D eigenvalue weighted by molar-refractivity contribution is 6.08. The molecule has 3 amide bonds. The third-order valence-corrected chi connectivity index (χ3v) is 4.21. The molecule has 2 fully saturated rings. The summed E-state index contributed by atoms with van der Waals surface area (Å²) in [6.45, 7) is 6.91. The van der Waals surface area contributed by atoms with Gasteiger partial charge in [-0.1, -0.05) is 19.8 Å². The van der Waals surface area contributed by atoms with E-state index in [0.717, 1.165) is 24.2 Å². The van der Waals surface area contributed by atoms with E-state index in [1.54, 1.807) is 20.8 Å². The quantitative estimate of drug-likeness (QED) is 0.623. The van der Waals surface area contributed by atoms with Crippen molar-refractivity contribution in [3.63, 3.8) is 0 Å². The van der Waals surface area contributed by atoms with Gasteiger partial charge in [-0.2, -0.15) is 0 Å². The van der Waals surface area contributed by atoms with Crippen molar-refractivity contribution in [1.82, 2.24) is 10.2 Å². The number of hydrogen-bond acceptors (Lipinski definition) is 4. The molecule has 2 rings (SSSR count). The van der Waals surface area contributed by atoms with Crippen LogP contribution in [-0.4, -0.2) is 40.5 Å². The van der Waals surface area contributed by atoms with E-state index in [1.165, 1.54) is 0 Å². The molecule has 1 aliphatic heterocycles. The maximum atomic E-state index is 12.6. The third kappa shape index (κ3) is 3.04. The summed E-state index contributed by atoms with van der Waals surface area (Å²) in [5.41, 5.74) is -1.45. The van der Waals surface area contributed by atoms with Crippen LogP contribution in [0.4, 0.5) is 4.79 Å². The Bertz CT molecular complexity index is 469. The van der Waals surface area contributed by atoms with Gasteiger partial charge in [0, 0.05) is 0 Å². The molecule has 2 atom stereocenters. The first-order valence-corrected chi connectivity index (χ1v) is 7.52. The lowest BCUT2D eigenvalue weighted by molar-refractivity contribution is -0.157. The monoisotopic (exact) mass is 296 g/mol. The second kappa shape index (κ2) is 5.31. The lowest BCUT2D eigenvalue weighted by atomic mass is 9.73. The van der Waals surface area contributed by atoms with Crippen LogP contribution in [-0.2, 0) is 14.3 Å². The van der Waals surface area contributed by atoms with Crippen molar-refractivity contribution in [2.24, 2.45) is 5.92 Å². The number of nitrogens with zero attached hydrogens (tertiary/aromatic N) is 1. The van der Waals surface area contributed by atoms with Gasteiger partial charge in [0.25, 0.3) is 5.91 Å². The zero-order valence-electron chi connectivity index (χ0n) is 13.2. The zero-order valence-corrected chi connectivity index (χ0v) is 13.2. The number of nitrogens with one attached hydrogen (secondary N) is 1. The Kier molecular flexibility index (Phi) is 4.00. The first-order valence-electron chi connectivity index (χ1n) is 7.52. The molecule has 0 aromatic rings. The SMILES string of the molecule is C[C@@H]1CCCC[C@]12NC(=O)N(CC(=O)OC(C)(C)C)C2=O. The molecule has 1 saturated carbocycles. The highest BCUT2D eigenvalue weighted by Gasteiger charge is 2.55. The molecule has 0 aromatic carbocycles. The number of amides is 3. The Hall–Kier alpha value is -1.59. The van der Waals surface area contributed by atoms with Crippen LogP contribution in [0, 0.1) is 5.92 Å². The molecular formula is C15H24N2O4. The van der Waals surface area contributed by atoms with Gasteiger partial charge in [-0.25, -0.2) is 4.79 Å². The molecule has 0 radical (unpaired) electrons. The van der Waals surface area contributed by atoms with E-state index in [4.69, 9.17) is 4.74 Å². The molecule has 0 aromatic heterocycles. The average molecular weight is 296 g/mol. The van der Waals surface area contributed by atoms with Crippen molar-refractivity contribution < 1.29 is 19.1 Å². The Morgan fingerprint density at radius 3 is 2.62 bits per heavy atom. The number of hydrogen-bond donors (Lipinski definition) is 1. The maximum Gasteiger partial charge on any atom is 0.326 e. The Balaban J connectivity index is 2.10. The van der Waals surface area contributed by atoms with Crippen LogP contribution in [0.2, 0.25) is 0 Å². The van der Waals surface area contributed by atoms with Gasteiger partial charge in [0.15, 0.2) is 0 Å². The van der Waals surface area contributed by atoms with Gasteiger partial charge >= 0.3 is 12.0 Å². The molecule has 1 N–H and O–H groups in total. The summed E-state index contributed by atoms with van der Waals surface area (Å²) in [5, 5.41) is 2.82. The summed E-state index contributed by atoms with van der Waals surface area (Å²) in [7, 11) is 0. The minimum absolute atomic E-state index is 0.0892. The van der Waals surface area contributed by atoms with Crippen LogP contribution in [0.15, 0.2) is 0 Å². The third-order valence-electron chi connectivity index (χ3n) is 4.21. The first kappa shape index (κ1) is 15.8. The maximum absolute atomic E-state index is 12.6. The van der Waals surface area contributed by atoms with E-state index >= 15 is 0 Å². The van der Waals surface area contributed by atoms with E-state index in [1.807, 2.05) is 6.92 Å². The lowest BCUT2D eigenvalue weighted by Crippen LogP contribution is -2.54. The summed E-state index contributed by atoms with van der Waals surface area (Å²) < 4.78 is 5.19. The molecule has 6 heteroatoms. The first-order chi connectivity index (χ1) is 9.66. The van der Waals surface area contributed by atoms with E-state index in [9.17, 15) is 14.4 Å². The van der Waals surface area contributed by atoms with E-state index in [0.29, 0.717) is 6.42 Å². The van der Waals surface area contributed by atoms with E-state index in [2.05, 4.69) is 5.32 Å². The number of imide groups is 1. The van der Waals surface area contributed by atoms with Crippen LogP contribution in [0.25, 0.3) is 0 Å². The molecule has 6 nitrogen and oxygen atoms in total. The Labute approximate surface area is 125 Å². The number of rotatable bonds is 2. The molecule has 21 heavy (non-hydrogen) atoms. The highest BCUT2D eigenvalue weighted by Crippen LogP contribution is 2.38. The van der Waals surface area contributed by atoms with Crippen molar-refractivity contribution in [2.75, 3.05) is 6.54 Å². The van der Waals surface area contributed by atoms with Crippen LogP contribution < -0.4 is 5.32 Å². The zero-order chi connectivity index (χ0) is 15.8. The second-order valence-electron chi connectivity index (χ2n) is 7.03. The average Bonchev–Trinajstić information content (AvgIpc) is 2.56. The predicted molar refractivity (Wildman–Crippen MR) is 76.5 cm³/mol. The smallest absolute Gasteiger partial charge is 0.326 e. The largest absolute Gasteiger partial charge is 0.459 e. The summed E-state index contributed by atoms with van der Waals surface area (Å²) in [6.07, 6.45) is 3.53. The summed E-state index contributed by atoms with van der Waals surface area (Å²) >= 11 is 0. The number of carbonyl (C=O) groups excluding carboxylic acids is 3. The number of urea groups is 1.